The molecule has 0 saturated heterocycles. The van der Waals surface area contributed by atoms with Crippen molar-refractivity contribution in [1.82, 2.24) is 9.80 Å². The predicted octanol–water partition coefficient (Wildman–Crippen LogP) is 3.49. The Hall–Kier alpha value is -2.54. The van der Waals surface area contributed by atoms with Crippen molar-refractivity contribution < 1.29 is 18.8 Å². The van der Waals surface area contributed by atoms with Gasteiger partial charge in [0, 0.05) is 24.4 Å². The van der Waals surface area contributed by atoms with E-state index in [9.17, 15) is 18.8 Å². The second-order valence-electron chi connectivity index (χ2n) is 5.69. The van der Waals surface area contributed by atoms with Crippen molar-refractivity contribution in [2.75, 3.05) is 13.1 Å². The van der Waals surface area contributed by atoms with Gasteiger partial charge in [0.2, 0.25) is 12.3 Å². The maximum atomic E-state index is 13.0. The first kappa shape index (κ1) is 19.8. The van der Waals surface area contributed by atoms with Crippen LogP contribution in [0.3, 0.4) is 0 Å². The summed E-state index contributed by atoms with van der Waals surface area (Å²) in [7, 11) is 0. The molecule has 0 N–H and O–H groups in total. The van der Waals surface area contributed by atoms with Crippen LogP contribution in [0.15, 0.2) is 41.8 Å². The molecule has 1 aromatic heterocycles. The van der Waals surface area contributed by atoms with Gasteiger partial charge in [-0.25, -0.2) is 9.18 Å². The summed E-state index contributed by atoms with van der Waals surface area (Å²) in [6.45, 7) is 2.02. The van der Waals surface area contributed by atoms with Crippen molar-refractivity contribution >= 4 is 29.7 Å². The van der Waals surface area contributed by atoms with E-state index in [0.29, 0.717) is 19.3 Å². The van der Waals surface area contributed by atoms with Gasteiger partial charge in [-0.15, -0.1) is 11.3 Å². The number of carbonyl (C=O) groups excluding carboxylic acids is 3. The average Bonchev–Trinajstić information content (AvgIpc) is 3.17. The molecule has 0 aliphatic heterocycles. The molecule has 0 spiro atoms. The zero-order valence-electron chi connectivity index (χ0n) is 14.6. The number of amides is 4. The van der Waals surface area contributed by atoms with Crippen LogP contribution in [0, 0.1) is 5.82 Å². The Bertz CT molecular complexity index is 732. The van der Waals surface area contributed by atoms with Gasteiger partial charge in [0.05, 0.1) is 0 Å². The third-order valence-electron chi connectivity index (χ3n) is 3.92. The molecule has 0 fully saturated rings. The lowest BCUT2D eigenvalue weighted by Gasteiger charge is -2.25. The summed E-state index contributed by atoms with van der Waals surface area (Å²) in [6, 6.07) is 9.12. The molecule has 2 aromatic rings. The van der Waals surface area contributed by atoms with Crippen LogP contribution in [0.25, 0.3) is 0 Å². The van der Waals surface area contributed by atoms with E-state index in [-0.39, 0.29) is 31.2 Å². The third-order valence-corrected chi connectivity index (χ3v) is 4.86. The van der Waals surface area contributed by atoms with Crippen LogP contribution < -0.4 is 0 Å². The van der Waals surface area contributed by atoms with Gasteiger partial charge in [0.1, 0.15) is 5.82 Å². The van der Waals surface area contributed by atoms with Crippen molar-refractivity contribution in [3.8, 4) is 0 Å². The fraction of sp³-hybridized carbons (Fsp3) is 0.316. The minimum atomic E-state index is -0.620. The number of carbonyl (C=O) groups is 3. The molecule has 0 unspecified atom stereocenters. The normalized spacial score (nSPS) is 10.4. The molecule has 5 nitrogen and oxygen atoms in total. The summed E-state index contributed by atoms with van der Waals surface area (Å²) in [4.78, 5) is 39.4. The van der Waals surface area contributed by atoms with Gasteiger partial charge in [-0.05, 0) is 42.0 Å². The minimum Gasteiger partial charge on any atom is -0.278 e. The second-order valence-corrected chi connectivity index (χ2v) is 6.72. The molecule has 2 rings (SSSR count). The lowest BCUT2D eigenvalue weighted by atomic mass is 10.1. The van der Waals surface area contributed by atoms with Gasteiger partial charge >= 0.3 is 6.03 Å². The fourth-order valence-corrected chi connectivity index (χ4v) is 3.14. The van der Waals surface area contributed by atoms with E-state index >= 15 is 0 Å². The monoisotopic (exact) mass is 376 g/mol. The van der Waals surface area contributed by atoms with Gasteiger partial charge in [-0.1, -0.05) is 25.1 Å². The van der Waals surface area contributed by atoms with Crippen LogP contribution in [-0.4, -0.2) is 41.2 Å². The quantitative estimate of drug-likeness (QED) is 0.663. The summed E-state index contributed by atoms with van der Waals surface area (Å²) in [5.41, 5.74) is 0.810. The van der Waals surface area contributed by atoms with E-state index in [4.69, 9.17) is 0 Å². The first-order valence-electron chi connectivity index (χ1n) is 8.38. The molecule has 138 valence electrons. The molecular weight excluding hydrogens is 355 g/mol. The molecule has 26 heavy (non-hydrogen) atoms. The summed E-state index contributed by atoms with van der Waals surface area (Å²) >= 11 is 1.55. The fourth-order valence-electron chi connectivity index (χ4n) is 2.44. The van der Waals surface area contributed by atoms with Crippen molar-refractivity contribution in [2.24, 2.45) is 0 Å². The molecule has 0 saturated carbocycles. The van der Waals surface area contributed by atoms with Crippen LogP contribution in [0.5, 0.6) is 0 Å². The van der Waals surface area contributed by atoms with Gasteiger partial charge in [-0.3, -0.25) is 19.4 Å². The van der Waals surface area contributed by atoms with Gasteiger partial charge in [0.25, 0.3) is 0 Å². The molecule has 0 aliphatic rings. The molecule has 1 aromatic carbocycles. The minimum absolute atomic E-state index is 0.139. The van der Waals surface area contributed by atoms with E-state index in [1.54, 1.807) is 30.4 Å². The Kier molecular flexibility index (Phi) is 7.47. The maximum Gasteiger partial charge on any atom is 0.333 e. The Balaban J connectivity index is 2.02. The van der Waals surface area contributed by atoms with Gasteiger partial charge in [0.15, 0.2) is 0 Å². The Morgan fingerprint density at radius 1 is 1.12 bits per heavy atom. The lowest BCUT2D eigenvalue weighted by Crippen LogP contribution is -2.47. The summed E-state index contributed by atoms with van der Waals surface area (Å²) < 4.78 is 13.0. The van der Waals surface area contributed by atoms with E-state index < -0.39 is 6.03 Å². The number of urea groups is 1. The van der Waals surface area contributed by atoms with Crippen LogP contribution in [0.4, 0.5) is 9.18 Å². The Morgan fingerprint density at radius 3 is 2.42 bits per heavy atom. The third kappa shape index (κ3) is 5.49. The number of rotatable bonds is 8. The average molecular weight is 376 g/mol. The number of benzene rings is 1. The second kappa shape index (κ2) is 9.82. The molecular formula is C19H21FN2O3S. The largest absolute Gasteiger partial charge is 0.333 e. The summed E-state index contributed by atoms with van der Waals surface area (Å²) in [6.07, 6.45) is 1.57. The molecule has 0 bridgehead atoms. The molecule has 7 heteroatoms. The number of hydrogen-bond acceptors (Lipinski definition) is 4. The highest BCUT2D eigenvalue weighted by Crippen LogP contribution is 2.11. The van der Waals surface area contributed by atoms with Crippen LogP contribution in [0.2, 0.25) is 0 Å². The molecule has 0 atom stereocenters. The van der Waals surface area contributed by atoms with Gasteiger partial charge < -0.3 is 0 Å². The zero-order valence-corrected chi connectivity index (χ0v) is 15.4. The summed E-state index contributed by atoms with van der Waals surface area (Å²) in [5, 5.41) is 1.93. The zero-order chi connectivity index (χ0) is 18.9. The smallest absolute Gasteiger partial charge is 0.278 e. The van der Waals surface area contributed by atoms with Crippen molar-refractivity contribution in [3.05, 3.63) is 58.0 Å². The highest BCUT2D eigenvalue weighted by molar-refractivity contribution is 7.09. The first-order valence-corrected chi connectivity index (χ1v) is 9.26. The topological polar surface area (TPSA) is 57.7 Å². The number of thiophene rings is 1. The van der Waals surface area contributed by atoms with Crippen molar-refractivity contribution in [2.45, 2.75) is 26.2 Å². The summed E-state index contributed by atoms with van der Waals surface area (Å²) in [5.74, 6) is -0.688. The standard InChI is InChI=1S/C19H21FN2O3S/c1-2-18(24)22(12-9-15-5-7-16(20)8-6-15)19(25)21(14-23)11-10-17-4-3-13-26-17/h3-8,13-14H,2,9-12H2,1H3. The number of imide groups is 2. The molecule has 4 amide bonds. The highest BCUT2D eigenvalue weighted by Gasteiger charge is 2.25. The first-order chi connectivity index (χ1) is 12.5. The SMILES string of the molecule is CCC(=O)N(CCc1ccc(F)cc1)C(=O)N(C=O)CCc1cccs1. The number of halogens is 1. The van der Waals surface area contributed by atoms with Crippen LogP contribution >= 0.6 is 11.3 Å². The molecule has 0 aliphatic carbocycles. The van der Waals surface area contributed by atoms with E-state index in [2.05, 4.69) is 0 Å². The number of hydrogen-bond donors (Lipinski definition) is 0. The van der Waals surface area contributed by atoms with E-state index in [1.165, 1.54) is 12.1 Å². The Labute approximate surface area is 156 Å². The molecule has 1 heterocycles. The predicted molar refractivity (Wildman–Crippen MR) is 98.3 cm³/mol. The van der Waals surface area contributed by atoms with E-state index in [1.807, 2.05) is 17.5 Å². The van der Waals surface area contributed by atoms with Crippen molar-refractivity contribution in [3.63, 3.8) is 0 Å². The van der Waals surface area contributed by atoms with Crippen LogP contribution in [0.1, 0.15) is 23.8 Å². The van der Waals surface area contributed by atoms with E-state index in [0.717, 1.165) is 20.2 Å². The Morgan fingerprint density at radius 2 is 1.85 bits per heavy atom. The lowest BCUT2D eigenvalue weighted by molar-refractivity contribution is -0.128. The van der Waals surface area contributed by atoms with Gasteiger partial charge in [-0.2, -0.15) is 0 Å². The van der Waals surface area contributed by atoms with Crippen molar-refractivity contribution in [1.29, 1.82) is 0 Å². The van der Waals surface area contributed by atoms with Crippen LogP contribution in [-0.2, 0) is 22.4 Å². The molecule has 0 radical (unpaired) electrons. The number of nitrogens with zero attached hydrogens (tertiary/aromatic N) is 2. The highest BCUT2D eigenvalue weighted by atomic mass is 32.1. The maximum absolute atomic E-state index is 13.0.